The van der Waals surface area contributed by atoms with Crippen molar-refractivity contribution in [3.05, 3.63) is 78.0 Å². The monoisotopic (exact) mass is 459 g/mol. The quantitative estimate of drug-likeness (QED) is 0.384. The van der Waals surface area contributed by atoms with Crippen molar-refractivity contribution in [1.82, 2.24) is 35.3 Å². The van der Waals surface area contributed by atoms with Crippen molar-refractivity contribution in [3.63, 3.8) is 0 Å². The summed E-state index contributed by atoms with van der Waals surface area (Å²) in [6.07, 6.45) is 4.20. The molecule has 1 unspecified atom stereocenters. The maximum Gasteiger partial charge on any atom is 0.233 e. The topological polar surface area (TPSA) is 90.5 Å². The van der Waals surface area contributed by atoms with Crippen LogP contribution in [0.2, 0.25) is 0 Å². The van der Waals surface area contributed by atoms with Gasteiger partial charge in [0.25, 0.3) is 0 Å². The van der Waals surface area contributed by atoms with Crippen molar-refractivity contribution in [1.29, 1.82) is 0 Å². The smallest absolute Gasteiger partial charge is 0.233 e. The highest BCUT2D eigenvalue weighted by Gasteiger charge is 2.29. The third-order valence-corrected chi connectivity index (χ3v) is 6.58. The van der Waals surface area contributed by atoms with Gasteiger partial charge in [0.15, 0.2) is 0 Å². The zero-order valence-corrected chi connectivity index (χ0v) is 19.2. The molecule has 0 aliphatic heterocycles. The molecule has 9 heteroatoms. The van der Waals surface area contributed by atoms with Crippen LogP contribution in [0.5, 0.6) is 0 Å². The Labute approximate surface area is 196 Å². The fourth-order valence-electron chi connectivity index (χ4n) is 3.63. The van der Waals surface area contributed by atoms with E-state index in [0.29, 0.717) is 24.3 Å². The first-order chi connectivity index (χ1) is 16.2. The summed E-state index contributed by atoms with van der Waals surface area (Å²) in [6.45, 7) is 2.95. The molecule has 1 saturated carbocycles. The van der Waals surface area contributed by atoms with E-state index in [1.807, 2.05) is 71.0 Å². The molecular weight excluding hydrogens is 434 g/mol. The lowest BCUT2D eigenvalue weighted by molar-refractivity contribution is -0.120. The summed E-state index contributed by atoms with van der Waals surface area (Å²) in [6, 6.07) is 20.7. The maximum absolute atomic E-state index is 12.8. The van der Waals surface area contributed by atoms with E-state index < -0.39 is 0 Å². The Kier molecular flexibility index (Phi) is 6.21. The minimum Gasteiger partial charge on any atom is -0.351 e. The number of benzene rings is 2. The van der Waals surface area contributed by atoms with E-state index >= 15 is 0 Å². The predicted molar refractivity (Wildman–Crippen MR) is 126 cm³/mol. The van der Waals surface area contributed by atoms with Crippen LogP contribution in [-0.4, -0.2) is 41.1 Å². The highest BCUT2D eigenvalue weighted by Crippen LogP contribution is 2.37. The van der Waals surface area contributed by atoms with Crippen molar-refractivity contribution < 1.29 is 4.79 Å². The summed E-state index contributed by atoms with van der Waals surface area (Å²) in [5.74, 6) is -0.0554. The normalized spacial score (nSPS) is 14.2. The second-order valence-corrected chi connectivity index (χ2v) is 9.48. The van der Waals surface area contributed by atoms with Crippen molar-refractivity contribution in [2.24, 2.45) is 0 Å². The minimum absolute atomic E-state index is 0.0554. The Morgan fingerprint density at radius 2 is 1.85 bits per heavy atom. The molecule has 0 radical (unpaired) electrons. The lowest BCUT2D eigenvalue weighted by atomic mass is 10.1. The average Bonchev–Trinajstić information content (AvgIpc) is 3.45. The summed E-state index contributed by atoms with van der Waals surface area (Å²) in [5, 5.41) is 20.2. The molecule has 5 rings (SSSR count). The second-order valence-electron chi connectivity index (χ2n) is 8.17. The molecule has 1 aliphatic carbocycles. The van der Waals surface area contributed by atoms with Gasteiger partial charge in [-0.15, -0.1) is 5.10 Å². The summed E-state index contributed by atoms with van der Waals surface area (Å²) < 4.78 is 3.76. The van der Waals surface area contributed by atoms with E-state index in [2.05, 4.69) is 33.0 Å². The number of nitrogens with one attached hydrogen (secondary N) is 1. The highest BCUT2D eigenvalue weighted by atomic mass is 32.2. The number of hydrogen-bond donors (Lipinski definition) is 1. The Morgan fingerprint density at radius 3 is 2.58 bits per heavy atom. The van der Waals surface area contributed by atoms with Crippen LogP contribution < -0.4 is 5.32 Å². The molecule has 8 nitrogen and oxygen atoms in total. The zero-order chi connectivity index (χ0) is 22.6. The third-order valence-electron chi connectivity index (χ3n) is 5.53. The van der Waals surface area contributed by atoms with E-state index in [0.717, 1.165) is 29.7 Å². The Bertz CT molecular complexity index is 1220. The van der Waals surface area contributed by atoms with Crippen molar-refractivity contribution >= 4 is 17.7 Å². The molecule has 1 amide bonds. The van der Waals surface area contributed by atoms with Crippen LogP contribution in [0, 0.1) is 0 Å². The number of nitrogens with zero attached hydrogens (tertiary/aromatic N) is 6. The minimum atomic E-state index is -0.312. The fourth-order valence-corrected chi connectivity index (χ4v) is 4.52. The first kappa shape index (κ1) is 21.4. The zero-order valence-electron chi connectivity index (χ0n) is 18.3. The second kappa shape index (κ2) is 9.58. The van der Waals surface area contributed by atoms with Crippen LogP contribution in [0.4, 0.5) is 0 Å². The van der Waals surface area contributed by atoms with Crippen molar-refractivity contribution in [2.75, 3.05) is 0 Å². The molecule has 2 aromatic heterocycles. The first-order valence-corrected chi connectivity index (χ1v) is 11.9. The molecule has 2 heterocycles. The number of amides is 1. The molecule has 0 bridgehead atoms. The third kappa shape index (κ3) is 5.14. The van der Waals surface area contributed by atoms with Gasteiger partial charge in [0.2, 0.25) is 11.1 Å². The van der Waals surface area contributed by atoms with E-state index in [4.69, 9.17) is 5.10 Å². The summed E-state index contributed by atoms with van der Waals surface area (Å²) in [4.78, 5) is 12.8. The van der Waals surface area contributed by atoms with Gasteiger partial charge >= 0.3 is 0 Å². The van der Waals surface area contributed by atoms with Gasteiger partial charge in [-0.1, -0.05) is 72.4 Å². The van der Waals surface area contributed by atoms with E-state index in [-0.39, 0.29) is 11.2 Å². The molecule has 168 valence electrons. The van der Waals surface area contributed by atoms with E-state index in [1.54, 1.807) is 0 Å². The summed E-state index contributed by atoms with van der Waals surface area (Å²) in [5.41, 5.74) is 4.06. The van der Waals surface area contributed by atoms with E-state index in [9.17, 15) is 4.79 Å². The maximum atomic E-state index is 12.8. The SMILES string of the molecule is CC(Sc1nnnn1C1CC1)C(=O)NCc1cn(Cc2ccccc2)nc1-c1ccccc1. The standard InChI is InChI=1S/C24H25N7OS/c1-17(33-24-26-28-29-31(24)21-12-13-21)23(32)25-14-20-16-30(15-18-8-4-2-5-9-18)27-22(20)19-10-6-3-7-11-19/h2-11,16-17,21H,12-15H2,1H3,(H,25,32). The molecule has 0 saturated heterocycles. The van der Waals surface area contributed by atoms with Crippen LogP contribution in [0.25, 0.3) is 11.3 Å². The van der Waals surface area contributed by atoms with Gasteiger partial charge < -0.3 is 5.32 Å². The first-order valence-electron chi connectivity index (χ1n) is 11.1. The molecule has 2 aromatic carbocycles. The largest absolute Gasteiger partial charge is 0.351 e. The number of tetrazole rings is 1. The number of aromatic nitrogens is 6. The average molecular weight is 460 g/mol. The number of rotatable bonds is 9. The lowest BCUT2D eigenvalue weighted by Gasteiger charge is -2.11. The van der Waals surface area contributed by atoms with Gasteiger partial charge in [0.1, 0.15) is 0 Å². The molecule has 1 N–H and O–H groups in total. The van der Waals surface area contributed by atoms with Crippen LogP contribution in [0.3, 0.4) is 0 Å². The highest BCUT2D eigenvalue weighted by molar-refractivity contribution is 8.00. The lowest BCUT2D eigenvalue weighted by Crippen LogP contribution is -2.30. The number of thioether (sulfide) groups is 1. The van der Waals surface area contributed by atoms with Crippen LogP contribution in [-0.2, 0) is 17.9 Å². The van der Waals surface area contributed by atoms with Crippen molar-refractivity contribution in [3.8, 4) is 11.3 Å². The fraction of sp³-hybridized carbons (Fsp3) is 0.292. The van der Waals surface area contributed by atoms with Gasteiger partial charge in [0.05, 0.1) is 23.5 Å². The predicted octanol–water partition coefficient (Wildman–Crippen LogP) is 3.72. The van der Waals surface area contributed by atoms with Gasteiger partial charge in [-0.2, -0.15) is 5.10 Å². The number of carbonyl (C=O) groups excluding carboxylic acids is 1. The van der Waals surface area contributed by atoms with Gasteiger partial charge in [-0.3, -0.25) is 9.48 Å². The molecule has 1 atom stereocenters. The Balaban J connectivity index is 1.29. The van der Waals surface area contributed by atoms with Crippen LogP contribution in [0.15, 0.2) is 72.0 Å². The Hall–Kier alpha value is -3.46. The molecule has 0 spiro atoms. The molecule has 33 heavy (non-hydrogen) atoms. The summed E-state index contributed by atoms with van der Waals surface area (Å²) in [7, 11) is 0. The Morgan fingerprint density at radius 1 is 1.12 bits per heavy atom. The molecule has 1 aliphatic rings. The molecular formula is C24H25N7OS. The van der Waals surface area contributed by atoms with Gasteiger partial charge in [0, 0.05) is 23.9 Å². The van der Waals surface area contributed by atoms with Crippen molar-refractivity contribution in [2.45, 2.75) is 49.3 Å². The molecule has 4 aromatic rings. The number of hydrogen-bond acceptors (Lipinski definition) is 6. The summed E-state index contributed by atoms with van der Waals surface area (Å²) >= 11 is 1.39. The van der Waals surface area contributed by atoms with E-state index in [1.165, 1.54) is 17.3 Å². The van der Waals surface area contributed by atoms with Crippen LogP contribution in [0.1, 0.15) is 36.9 Å². The van der Waals surface area contributed by atoms with Crippen LogP contribution >= 0.6 is 11.8 Å². The van der Waals surface area contributed by atoms with Gasteiger partial charge in [-0.05, 0) is 35.8 Å². The van der Waals surface area contributed by atoms with Gasteiger partial charge in [-0.25, -0.2) is 4.68 Å². The molecule has 1 fully saturated rings. The number of carbonyl (C=O) groups is 1.